The standard InChI is InChI=1S/C12H14F3NO3S/c1-2-8(7-20)6-19-11-4-3-9(12(13,14)15)5-10(11)16(17)18/h3-5,8,20H,2,6-7H2,1H3. The summed E-state index contributed by atoms with van der Waals surface area (Å²) >= 11 is 4.10. The van der Waals surface area contributed by atoms with E-state index in [4.69, 9.17) is 4.74 Å². The van der Waals surface area contributed by atoms with Crippen molar-refractivity contribution in [2.24, 2.45) is 5.92 Å². The fourth-order valence-electron chi connectivity index (χ4n) is 1.47. The third-order valence-electron chi connectivity index (χ3n) is 2.79. The van der Waals surface area contributed by atoms with Crippen molar-refractivity contribution in [2.45, 2.75) is 19.5 Å². The largest absolute Gasteiger partial charge is 0.486 e. The van der Waals surface area contributed by atoms with Crippen molar-refractivity contribution in [1.82, 2.24) is 0 Å². The van der Waals surface area contributed by atoms with E-state index in [-0.39, 0.29) is 18.3 Å². The van der Waals surface area contributed by atoms with Gasteiger partial charge in [-0.3, -0.25) is 10.1 Å². The Balaban J connectivity index is 2.99. The second-order valence-corrected chi connectivity index (χ2v) is 4.57. The van der Waals surface area contributed by atoms with Gasteiger partial charge in [-0.2, -0.15) is 25.8 Å². The summed E-state index contributed by atoms with van der Waals surface area (Å²) in [6, 6.07) is 2.23. The molecular weight excluding hydrogens is 295 g/mol. The van der Waals surface area contributed by atoms with Gasteiger partial charge in [-0.05, 0) is 24.3 Å². The Hall–Kier alpha value is -1.44. The molecule has 0 fully saturated rings. The zero-order chi connectivity index (χ0) is 15.3. The normalized spacial score (nSPS) is 13.1. The molecule has 0 heterocycles. The predicted octanol–water partition coefficient (Wildman–Crippen LogP) is 3.95. The maximum absolute atomic E-state index is 12.5. The number of halogens is 3. The highest BCUT2D eigenvalue weighted by atomic mass is 32.1. The van der Waals surface area contributed by atoms with E-state index >= 15 is 0 Å². The summed E-state index contributed by atoms with van der Waals surface area (Å²) in [6.45, 7) is 2.08. The van der Waals surface area contributed by atoms with Gasteiger partial charge >= 0.3 is 11.9 Å². The summed E-state index contributed by atoms with van der Waals surface area (Å²) in [5.41, 5.74) is -1.76. The zero-order valence-electron chi connectivity index (χ0n) is 10.7. The molecule has 1 rings (SSSR count). The molecule has 0 bridgehead atoms. The van der Waals surface area contributed by atoms with Gasteiger partial charge in [-0.1, -0.05) is 6.92 Å². The summed E-state index contributed by atoms with van der Waals surface area (Å²) < 4.78 is 42.8. The van der Waals surface area contributed by atoms with Crippen LogP contribution >= 0.6 is 12.6 Å². The van der Waals surface area contributed by atoms with Crippen molar-refractivity contribution in [1.29, 1.82) is 0 Å². The van der Waals surface area contributed by atoms with E-state index in [1.807, 2.05) is 6.92 Å². The molecule has 0 radical (unpaired) electrons. The first-order valence-corrected chi connectivity index (χ1v) is 6.52. The summed E-state index contributed by atoms with van der Waals surface area (Å²) in [5, 5.41) is 10.8. The third kappa shape index (κ3) is 4.29. The van der Waals surface area contributed by atoms with Gasteiger partial charge in [-0.15, -0.1) is 0 Å². The second-order valence-electron chi connectivity index (χ2n) is 4.21. The molecule has 1 unspecified atom stereocenters. The molecule has 1 aromatic carbocycles. The van der Waals surface area contributed by atoms with Crippen LogP contribution in [0.15, 0.2) is 18.2 Å². The maximum atomic E-state index is 12.5. The Bertz CT molecular complexity index is 476. The Labute approximate surface area is 119 Å². The van der Waals surface area contributed by atoms with Gasteiger partial charge < -0.3 is 4.74 Å². The number of rotatable bonds is 6. The van der Waals surface area contributed by atoms with Crippen LogP contribution in [0.4, 0.5) is 18.9 Å². The van der Waals surface area contributed by atoms with Crippen LogP contribution in [0.1, 0.15) is 18.9 Å². The molecule has 1 atom stereocenters. The minimum absolute atomic E-state index is 0.0835. The number of thiol groups is 1. The number of nitro benzene ring substituents is 1. The highest BCUT2D eigenvalue weighted by Crippen LogP contribution is 2.36. The van der Waals surface area contributed by atoms with E-state index in [2.05, 4.69) is 12.6 Å². The number of nitro groups is 1. The highest BCUT2D eigenvalue weighted by molar-refractivity contribution is 7.80. The smallest absolute Gasteiger partial charge is 0.416 e. The second kappa shape index (κ2) is 6.83. The molecule has 0 saturated heterocycles. The molecule has 1 aromatic rings. The summed E-state index contributed by atoms with van der Waals surface area (Å²) in [7, 11) is 0. The molecular formula is C12H14F3NO3S. The van der Waals surface area contributed by atoms with Crippen LogP contribution in [0.3, 0.4) is 0 Å². The molecule has 0 aliphatic rings. The minimum atomic E-state index is -4.62. The van der Waals surface area contributed by atoms with Crippen LogP contribution in [0.2, 0.25) is 0 Å². The molecule has 20 heavy (non-hydrogen) atoms. The number of benzene rings is 1. The zero-order valence-corrected chi connectivity index (χ0v) is 11.6. The van der Waals surface area contributed by atoms with Gasteiger partial charge in [0.05, 0.1) is 17.1 Å². The number of nitrogens with zero attached hydrogens (tertiary/aromatic N) is 1. The lowest BCUT2D eigenvalue weighted by Gasteiger charge is -2.14. The number of hydrogen-bond donors (Lipinski definition) is 1. The van der Waals surface area contributed by atoms with E-state index < -0.39 is 22.4 Å². The Kier molecular flexibility index (Phi) is 5.67. The number of hydrogen-bond acceptors (Lipinski definition) is 4. The van der Waals surface area contributed by atoms with Crippen LogP contribution in [-0.4, -0.2) is 17.3 Å². The first-order valence-electron chi connectivity index (χ1n) is 5.88. The predicted molar refractivity (Wildman–Crippen MR) is 71.2 cm³/mol. The van der Waals surface area contributed by atoms with Crippen molar-refractivity contribution in [3.05, 3.63) is 33.9 Å². The van der Waals surface area contributed by atoms with Gasteiger partial charge in [0.25, 0.3) is 0 Å². The van der Waals surface area contributed by atoms with E-state index in [1.165, 1.54) is 0 Å². The van der Waals surface area contributed by atoms with Crippen molar-refractivity contribution in [2.75, 3.05) is 12.4 Å². The van der Waals surface area contributed by atoms with Gasteiger partial charge in [0.2, 0.25) is 0 Å². The maximum Gasteiger partial charge on any atom is 0.416 e. The topological polar surface area (TPSA) is 52.4 Å². The molecule has 0 aliphatic heterocycles. The van der Waals surface area contributed by atoms with Crippen molar-refractivity contribution in [3.63, 3.8) is 0 Å². The van der Waals surface area contributed by atoms with Gasteiger partial charge in [0, 0.05) is 12.0 Å². The average molecular weight is 309 g/mol. The lowest BCUT2D eigenvalue weighted by Crippen LogP contribution is -2.14. The van der Waals surface area contributed by atoms with Crippen LogP contribution < -0.4 is 4.74 Å². The molecule has 0 spiro atoms. The van der Waals surface area contributed by atoms with E-state index in [0.717, 1.165) is 18.6 Å². The number of alkyl halides is 3. The molecule has 4 nitrogen and oxygen atoms in total. The Morgan fingerprint density at radius 1 is 1.45 bits per heavy atom. The molecule has 0 aromatic heterocycles. The first kappa shape index (κ1) is 16.6. The van der Waals surface area contributed by atoms with Gasteiger partial charge in [0.1, 0.15) is 0 Å². The first-order chi connectivity index (χ1) is 9.29. The van der Waals surface area contributed by atoms with Crippen molar-refractivity contribution >= 4 is 18.3 Å². The molecule has 0 N–H and O–H groups in total. The lowest BCUT2D eigenvalue weighted by molar-refractivity contribution is -0.386. The SMILES string of the molecule is CCC(CS)COc1ccc(C(F)(F)F)cc1[N+](=O)[O-]. The van der Waals surface area contributed by atoms with E-state index in [9.17, 15) is 23.3 Å². The number of ether oxygens (including phenoxy) is 1. The van der Waals surface area contributed by atoms with Crippen LogP contribution in [0, 0.1) is 16.0 Å². The molecule has 112 valence electrons. The summed E-state index contributed by atoms with van der Waals surface area (Å²) in [5.74, 6) is 0.453. The Morgan fingerprint density at radius 3 is 2.55 bits per heavy atom. The lowest BCUT2D eigenvalue weighted by atomic mass is 10.1. The van der Waals surface area contributed by atoms with Crippen molar-refractivity contribution < 1.29 is 22.8 Å². The summed E-state index contributed by atoms with van der Waals surface area (Å²) in [6.07, 6.45) is -3.86. The fourth-order valence-corrected chi connectivity index (χ4v) is 1.83. The quantitative estimate of drug-likeness (QED) is 0.492. The fraction of sp³-hybridized carbons (Fsp3) is 0.500. The van der Waals surface area contributed by atoms with Crippen LogP contribution in [0.25, 0.3) is 0 Å². The highest BCUT2D eigenvalue weighted by Gasteiger charge is 2.33. The molecule has 0 aliphatic carbocycles. The van der Waals surface area contributed by atoms with Crippen LogP contribution in [0.5, 0.6) is 5.75 Å². The molecule has 8 heteroatoms. The summed E-state index contributed by atoms with van der Waals surface area (Å²) in [4.78, 5) is 9.95. The molecule has 0 saturated carbocycles. The van der Waals surface area contributed by atoms with Gasteiger partial charge in [-0.25, -0.2) is 0 Å². The molecule has 0 amide bonds. The Morgan fingerprint density at radius 2 is 2.10 bits per heavy atom. The minimum Gasteiger partial charge on any atom is -0.486 e. The monoisotopic (exact) mass is 309 g/mol. The van der Waals surface area contributed by atoms with Crippen molar-refractivity contribution in [3.8, 4) is 5.75 Å². The third-order valence-corrected chi connectivity index (χ3v) is 3.31. The van der Waals surface area contributed by atoms with Crippen LogP contribution in [-0.2, 0) is 6.18 Å². The van der Waals surface area contributed by atoms with E-state index in [1.54, 1.807) is 0 Å². The van der Waals surface area contributed by atoms with E-state index in [0.29, 0.717) is 11.8 Å². The average Bonchev–Trinajstić information content (AvgIpc) is 2.38. The van der Waals surface area contributed by atoms with Gasteiger partial charge in [0.15, 0.2) is 5.75 Å².